The molecular formula is C27H36N4O3. The molecule has 1 aliphatic heterocycles. The average Bonchev–Trinajstić information content (AvgIpc) is 3.16. The molecule has 1 fully saturated rings. The molecule has 34 heavy (non-hydrogen) atoms. The summed E-state index contributed by atoms with van der Waals surface area (Å²) in [6.45, 7) is 12.3. The molecule has 2 aliphatic rings. The van der Waals surface area contributed by atoms with Crippen molar-refractivity contribution in [1.29, 1.82) is 0 Å². The summed E-state index contributed by atoms with van der Waals surface area (Å²) in [5, 5.41) is 15.9. The fourth-order valence-electron chi connectivity index (χ4n) is 4.70. The fourth-order valence-corrected chi connectivity index (χ4v) is 4.70. The minimum atomic E-state index is -1.15. The lowest BCUT2D eigenvalue weighted by atomic mass is 9.90. The number of amides is 1. The first-order chi connectivity index (χ1) is 15.9. The summed E-state index contributed by atoms with van der Waals surface area (Å²) < 4.78 is 5.50. The van der Waals surface area contributed by atoms with Gasteiger partial charge in [-0.25, -0.2) is 14.8 Å². The number of hydrogen-bond acceptors (Lipinski definition) is 6. The highest BCUT2D eigenvalue weighted by Gasteiger charge is 2.41. The number of carbonyl (C=O) groups is 1. The van der Waals surface area contributed by atoms with E-state index >= 15 is 0 Å². The zero-order valence-corrected chi connectivity index (χ0v) is 21.1. The van der Waals surface area contributed by atoms with Gasteiger partial charge in [0.25, 0.3) is 0 Å². The largest absolute Gasteiger partial charge is 0.444 e. The fraction of sp³-hybridized carbons (Fsp3) is 0.519. The van der Waals surface area contributed by atoms with Crippen molar-refractivity contribution in [3.8, 4) is 0 Å². The Hall–Kier alpha value is -2.93. The van der Waals surface area contributed by atoms with E-state index in [4.69, 9.17) is 9.72 Å². The third-order valence-electron chi connectivity index (χ3n) is 6.52. The van der Waals surface area contributed by atoms with Crippen LogP contribution in [0.25, 0.3) is 10.9 Å². The van der Waals surface area contributed by atoms with Crippen molar-refractivity contribution in [2.45, 2.75) is 71.6 Å². The Kier molecular flexibility index (Phi) is 6.42. The van der Waals surface area contributed by atoms with Gasteiger partial charge >= 0.3 is 6.09 Å². The van der Waals surface area contributed by atoms with Gasteiger partial charge in [-0.05, 0) is 72.1 Å². The quantitative estimate of drug-likeness (QED) is 0.655. The van der Waals surface area contributed by atoms with Gasteiger partial charge in [-0.2, -0.15) is 0 Å². The summed E-state index contributed by atoms with van der Waals surface area (Å²) in [7, 11) is 0. The Morgan fingerprint density at radius 3 is 2.76 bits per heavy atom. The maximum atomic E-state index is 12.5. The highest BCUT2D eigenvalue weighted by atomic mass is 16.6. The van der Waals surface area contributed by atoms with E-state index in [0.29, 0.717) is 24.7 Å². The first kappa shape index (κ1) is 24.2. The van der Waals surface area contributed by atoms with Crippen LogP contribution in [0, 0.1) is 12.8 Å². The number of benzene rings is 1. The van der Waals surface area contributed by atoms with Crippen molar-refractivity contribution in [2.24, 2.45) is 5.92 Å². The number of rotatable bonds is 4. The van der Waals surface area contributed by atoms with E-state index in [1.165, 1.54) is 5.57 Å². The molecule has 1 saturated heterocycles. The summed E-state index contributed by atoms with van der Waals surface area (Å²) >= 11 is 0. The molecule has 4 rings (SSSR count). The molecule has 3 unspecified atom stereocenters. The lowest BCUT2D eigenvalue weighted by molar-refractivity contribution is 0.0140. The van der Waals surface area contributed by atoms with Gasteiger partial charge < -0.3 is 20.1 Å². The minimum absolute atomic E-state index is 0.179. The van der Waals surface area contributed by atoms with E-state index in [1.54, 1.807) is 4.90 Å². The maximum Gasteiger partial charge on any atom is 0.410 e. The predicted octanol–water partition coefficient (Wildman–Crippen LogP) is 5.09. The summed E-state index contributed by atoms with van der Waals surface area (Å²) in [6.07, 6.45) is 7.70. The number of nitrogens with zero attached hydrogens (tertiary/aromatic N) is 3. The smallest absolute Gasteiger partial charge is 0.410 e. The van der Waals surface area contributed by atoms with Crippen molar-refractivity contribution in [1.82, 2.24) is 14.9 Å². The first-order valence-corrected chi connectivity index (χ1v) is 12.0. The highest BCUT2D eigenvalue weighted by Crippen LogP contribution is 2.35. The van der Waals surface area contributed by atoms with Crippen LogP contribution < -0.4 is 5.32 Å². The molecule has 0 bridgehead atoms. The van der Waals surface area contributed by atoms with Gasteiger partial charge in [-0.3, -0.25) is 0 Å². The minimum Gasteiger partial charge on any atom is -0.444 e. The molecule has 2 N–H and O–H groups in total. The van der Waals surface area contributed by atoms with E-state index in [1.807, 2.05) is 45.9 Å². The molecule has 7 nitrogen and oxygen atoms in total. The first-order valence-electron chi connectivity index (χ1n) is 12.0. The van der Waals surface area contributed by atoms with Crippen molar-refractivity contribution in [2.75, 3.05) is 18.4 Å². The standard InChI is InChI=1S/C27H36N4O3/c1-17-8-7-9-20(14-17)18(2)28-24-22-15-21(10-11-23(22)29-19(3)30-24)27(33)12-13-31(16-27)25(32)34-26(4,5)6/h7-8,10-11,14-15,18,20,33H,9,12-13,16H2,1-6H3,(H,28,29,30). The van der Waals surface area contributed by atoms with Gasteiger partial charge in [-0.15, -0.1) is 0 Å². The zero-order chi connectivity index (χ0) is 24.7. The molecular weight excluding hydrogens is 428 g/mol. The second kappa shape index (κ2) is 9.02. The molecule has 0 spiro atoms. The van der Waals surface area contributed by atoms with Gasteiger partial charge in [0.1, 0.15) is 22.8 Å². The molecule has 182 valence electrons. The molecule has 1 aromatic heterocycles. The molecule has 2 aromatic rings. The number of ether oxygens (including phenoxy) is 1. The van der Waals surface area contributed by atoms with Gasteiger partial charge in [0.2, 0.25) is 0 Å². The van der Waals surface area contributed by atoms with Gasteiger partial charge in [-0.1, -0.05) is 29.9 Å². The van der Waals surface area contributed by atoms with Crippen LogP contribution in [0.15, 0.2) is 42.0 Å². The third kappa shape index (κ3) is 5.25. The second-order valence-corrected chi connectivity index (χ2v) is 10.7. The zero-order valence-electron chi connectivity index (χ0n) is 21.1. The van der Waals surface area contributed by atoms with E-state index in [2.05, 4.69) is 42.4 Å². The van der Waals surface area contributed by atoms with Crippen LogP contribution in [0.2, 0.25) is 0 Å². The Balaban J connectivity index is 1.60. The van der Waals surface area contributed by atoms with Crippen LogP contribution in [0.1, 0.15) is 58.8 Å². The number of aliphatic hydroxyl groups is 1. The number of allylic oxidation sites excluding steroid dienone is 3. The average molecular weight is 465 g/mol. The Labute approximate surface area is 201 Å². The third-order valence-corrected chi connectivity index (χ3v) is 6.52. The number of aromatic nitrogens is 2. The maximum absolute atomic E-state index is 12.5. The van der Waals surface area contributed by atoms with E-state index < -0.39 is 17.3 Å². The SMILES string of the molecule is CC1=CC(C(C)Nc2nc(C)nc3ccc(C4(O)CCN(C(=O)OC(C)(C)C)C4)cc23)CC=C1. The number of β-amino-alcohol motifs (C(OH)–C–C–N with tert-alkyl or cyclic N) is 1. The molecule has 7 heteroatoms. The molecule has 0 radical (unpaired) electrons. The number of aryl methyl sites for hydroxylation is 1. The van der Waals surface area contributed by atoms with Crippen molar-refractivity contribution >= 4 is 22.8 Å². The van der Waals surface area contributed by atoms with Crippen LogP contribution >= 0.6 is 0 Å². The molecule has 3 atom stereocenters. The van der Waals surface area contributed by atoms with E-state index in [9.17, 15) is 9.90 Å². The second-order valence-electron chi connectivity index (χ2n) is 10.7. The molecule has 1 aliphatic carbocycles. The number of carbonyl (C=O) groups excluding carboxylic acids is 1. The van der Waals surface area contributed by atoms with Gasteiger partial charge in [0, 0.05) is 23.9 Å². The molecule has 2 heterocycles. The van der Waals surface area contributed by atoms with E-state index in [0.717, 1.165) is 28.7 Å². The predicted molar refractivity (Wildman–Crippen MR) is 135 cm³/mol. The van der Waals surface area contributed by atoms with Crippen molar-refractivity contribution in [3.05, 3.63) is 53.4 Å². The number of hydrogen-bond donors (Lipinski definition) is 2. The number of nitrogens with one attached hydrogen (secondary N) is 1. The van der Waals surface area contributed by atoms with Crippen LogP contribution in [-0.4, -0.2) is 50.8 Å². The highest BCUT2D eigenvalue weighted by molar-refractivity contribution is 5.90. The normalized spacial score (nSPS) is 23.7. The summed E-state index contributed by atoms with van der Waals surface area (Å²) in [6, 6.07) is 5.97. The Bertz CT molecular complexity index is 1150. The van der Waals surface area contributed by atoms with Gasteiger partial charge in [0.15, 0.2) is 0 Å². The Morgan fingerprint density at radius 1 is 1.29 bits per heavy atom. The molecule has 1 aromatic carbocycles. The number of fused-ring (bicyclic) bond motifs is 1. The van der Waals surface area contributed by atoms with Crippen LogP contribution in [0.3, 0.4) is 0 Å². The lowest BCUT2D eigenvalue weighted by Gasteiger charge is -2.27. The van der Waals surface area contributed by atoms with Crippen LogP contribution in [0.4, 0.5) is 10.6 Å². The monoisotopic (exact) mass is 464 g/mol. The van der Waals surface area contributed by atoms with Crippen molar-refractivity contribution in [3.63, 3.8) is 0 Å². The summed E-state index contributed by atoms with van der Waals surface area (Å²) in [5.74, 6) is 1.84. The number of likely N-dealkylation sites (tertiary alicyclic amines) is 1. The lowest BCUT2D eigenvalue weighted by Crippen LogP contribution is -2.38. The summed E-state index contributed by atoms with van der Waals surface area (Å²) in [4.78, 5) is 23.4. The molecule has 1 amide bonds. The van der Waals surface area contributed by atoms with E-state index in [-0.39, 0.29) is 12.6 Å². The summed E-state index contributed by atoms with van der Waals surface area (Å²) in [5.41, 5.74) is 1.13. The molecule has 0 saturated carbocycles. The van der Waals surface area contributed by atoms with Crippen LogP contribution in [-0.2, 0) is 10.3 Å². The Morgan fingerprint density at radius 2 is 2.06 bits per heavy atom. The topological polar surface area (TPSA) is 87.6 Å². The van der Waals surface area contributed by atoms with Crippen molar-refractivity contribution < 1.29 is 14.6 Å². The van der Waals surface area contributed by atoms with Crippen LogP contribution in [0.5, 0.6) is 0 Å². The number of anilines is 1. The van der Waals surface area contributed by atoms with Gasteiger partial charge in [0.05, 0.1) is 12.1 Å².